The molecule has 0 heterocycles. The van der Waals surface area contributed by atoms with E-state index in [1.165, 1.54) is 327 Å². The van der Waals surface area contributed by atoms with Gasteiger partial charge in [-0.05, 0) is 44.9 Å². The summed E-state index contributed by atoms with van der Waals surface area (Å²) in [5, 5.41) is 14.2. The molecule has 0 aromatic rings. The summed E-state index contributed by atoms with van der Waals surface area (Å²) < 4.78 is 23.9. The molecule has 3 atom stereocenters. The third-order valence-electron chi connectivity index (χ3n) is 17.7. The standard InChI is InChI=1S/C75H149N2O6P/c1-6-8-10-12-14-16-18-20-22-24-26-28-30-32-34-36-37-38-39-41-43-45-47-49-51-53-55-57-59-61-63-65-67-69-75(79)76-73(72-83-84(80,81)82-71-70-77(3,4)5)74(78)68-66-64-62-60-58-56-54-52-50-48-46-44-42-40-35-33-31-29-27-25-23-21-19-17-15-13-11-9-7-2/h18,20,24,26,73-74,78H,6-17,19,21-23,25,27-72H2,1-5H3,(H-,76,79,80,81)/p+1/b20-18-,26-24-. The minimum absolute atomic E-state index is 0.0779. The van der Waals surface area contributed by atoms with Gasteiger partial charge in [0.1, 0.15) is 13.2 Å². The molecular formula is C75H150N2O6P+. The summed E-state index contributed by atoms with van der Waals surface area (Å²) >= 11 is 0. The zero-order chi connectivity index (χ0) is 61.2. The van der Waals surface area contributed by atoms with Crippen LogP contribution in [0.25, 0.3) is 0 Å². The number of hydrogen-bond acceptors (Lipinski definition) is 5. The maximum absolute atomic E-state index is 13.1. The zero-order valence-electron chi connectivity index (χ0n) is 57.4. The molecule has 0 aliphatic carbocycles. The molecule has 0 rings (SSSR count). The molecule has 0 aromatic carbocycles. The normalized spacial score (nSPS) is 13.7. The molecular weight excluding hydrogens is 1060 g/mol. The van der Waals surface area contributed by atoms with Crippen LogP contribution in [0, 0.1) is 0 Å². The lowest BCUT2D eigenvalue weighted by atomic mass is 10.0. The Kier molecular flexibility index (Phi) is 65.6. The van der Waals surface area contributed by atoms with Crippen LogP contribution >= 0.6 is 7.82 Å². The van der Waals surface area contributed by atoms with Gasteiger partial charge < -0.3 is 19.8 Å². The predicted octanol–water partition coefficient (Wildman–Crippen LogP) is 24.2. The highest BCUT2D eigenvalue weighted by Gasteiger charge is 2.28. The average Bonchev–Trinajstić information content (AvgIpc) is 3.56. The summed E-state index contributed by atoms with van der Waals surface area (Å²) in [5.41, 5.74) is 0. The van der Waals surface area contributed by atoms with Gasteiger partial charge in [-0.2, -0.15) is 0 Å². The van der Waals surface area contributed by atoms with Gasteiger partial charge in [0, 0.05) is 6.42 Å². The number of allylic oxidation sites excluding steroid dienone is 4. The molecule has 0 aliphatic heterocycles. The van der Waals surface area contributed by atoms with Crippen molar-refractivity contribution in [2.24, 2.45) is 0 Å². The topological polar surface area (TPSA) is 105 Å². The number of aliphatic hydroxyl groups is 1. The van der Waals surface area contributed by atoms with E-state index in [-0.39, 0.29) is 19.1 Å². The second-order valence-electron chi connectivity index (χ2n) is 27.4. The first kappa shape index (κ1) is 83.0. The van der Waals surface area contributed by atoms with E-state index in [0.29, 0.717) is 23.9 Å². The summed E-state index contributed by atoms with van der Waals surface area (Å²) in [6.07, 6.45) is 87.3. The van der Waals surface area contributed by atoms with Crippen LogP contribution in [0.3, 0.4) is 0 Å². The Bertz CT molecular complexity index is 1420. The van der Waals surface area contributed by atoms with Crippen LogP contribution in [0.5, 0.6) is 0 Å². The van der Waals surface area contributed by atoms with E-state index in [1.54, 1.807) is 0 Å². The largest absolute Gasteiger partial charge is 0.472 e. The van der Waals surface area contributed by atoms with E-state index in [4.69, 9.17) is 9.05 Å². The number of likely N-dealkylation sites (N-methyl/N-ethyl adjacent to an activating group) is 1. The second-order valence-corrected chi connectivity index (χ2v) is 28.8. The van der Waals surface area contributed by atoms with Gasteiger partial charge in [-0.3, -0.25) is 13.8 Å². The highest BCUT2D eigenvalue weighted by Crippen LogP contribution is 2.43. The number of nitrogens with zero attached hydrogens (tertiary/aromatic N) is 1. The summed E-state index contributed by atoms with van der Waals surface area (Å²) in [4.78, 5) is 23.5. The molecule has 3 unspecified atom stereocenters. The van der Waals surface area contributed by atoms with Crippen molar-refractivity contribution in [2.45, 2.75) is 411 Å². The van der Waals surface area contributed by atoms with Crippen LogP contribution in [-0.4, -0.2) is 73.4 Å². The van der Waals surface area contributed by atoms with Crippen molar-refractivity contribution >= 4 is 13.7 Å². The van der Waals surface area contributed by atoms with Crippen molar-refractivity contribution in [3.05, 3.63) is 24.3 Å². The van der Waals surface area contributed by atoms with Gasteiger partial charge >= 0.3 is 7.82 Å². The SMILES string of the molecule is CCCCCCC/C=C\C/C=C\CCCCCCCCCCCCCCCCCCCCCCCC(=O)NC(COP(=O)(O)OCC[N+](C)(C)C)C(O)CCCCCCCCCCCCCCCCCCCCCCCCCCCCCCC. The lowest BCUT2D eigenvalue weighted by Gasteiger charge is -2.26. The average molecular weight is 1210 g/mol. The third kappa shape index (κ3) is 68.5. The molecule has 0 saturated carbocycles. The van der Waals surface area contributed by atoms with E-state index >= 15 is 0 Å². The highest BCUT2D eigenvalue weighted by atomic mass is 31.2. The third-order valence-corrected chi connectivity index (χ3v) is 18.7. The van der Waals surface area contributed by atoms with Crippen molar-refractivity contribution in [3.63, 3.8) is 0 Å². The highest BCUT2D eigenvalue weighted by molar-refractivity contribution is 7.47. The van der Waals surface area contributed by atoms with Gasteiger partial charge in [0.15, 0.2) is 0 Å². The molecule has 3 N–H and O–H groups in total. The van der Waals surface area contributed by atoms with Crippen molar-refractivity contribution in [2.75, 3.05) is 40.9 Å². The van der Waals surface area contributed by atoms with E-state index in [0.717, 1.165) is 44.9 Å². The number of phosphoric acid groups is 1. The van der Waals surface area contributed by atoms with Crippen molar-refractivity contribution in [1.82, 2.24) is 5.32 Å². The number of aliphatic hydroxyl groups excluding tert-OH is 1. The number of rotatable bonds is 71. The van der Waals surface area contributed by atoms with Crippen LogP contribution in [0.4, 0.5) is 0 Å². The van der Waals surface area contributed by atoms with E-state index in [9.17, 15) is 19.4 Å². The Hall–Kier alpha value is -1.02. The van der Waals surface area contributed by atoms with Crippen LogP contribution in [0.2, 0.25) is 0 Å². The smallest absolute Gasteiger partial charge is 0.391 e. The van der Waals surface area contributed by atoms with Gasteiger partial charge in [0.25, 0.3) is 0 Å². The zero-order valence-corrected chi connectivity index (χ0v) is 58.3. The molecule has 0 aromatic heterocycles. The minimum Gasteiger partial charge on any atom is -0.391 e. The fraction of sp³-hybridized carbons (Fsp3) is 0.933. The molecule has 0 saturated heterocycles. The lowest BCUT2D eigenvalue weighted by molar-refractivity contribution is -0.870. The summed E-state index contributed by atoms with van der Waals surface area (Å²) in [7, 11) is 1.64. The Labute approximate surface area is 525 Å². The van der Waals surface area contributed by atoms with Crippen molar-refractivity contribution < 1.29 is 32.9 Å². The quantitative estimate of drug-likeness (QED) is 0.0243. The number of quaternary nitrogens is 1. The molecule has 1 amide bonds. The Balaban J connectivity index is 3.95. The summed E-state index contributed by atoms with van der Waals surface area (Å²) in [6.45, 7) is 4.95. The molecule has 0 bridgehead atoms. The molecule has 9 heteroatoms. The number of carbonyl (C=O) groups is 1. The lowest BCUT2D eigenvalue weighted by Crippen LogP contribution is -2.46. The van der Waals surface area contributed by atoms with Crippen molar-refractivity contribution in [1.29, 1.82) is 0 Å². The van der Waals surface area contributed by atoms with Gasteiger partial charge in [-0.1, -0.05) is 372 Å². The molecule has 84 heavy (non-hydrogen) atoms. The van der Waals surface area contributed by atoms with E-state index in [2.05, 4.69) is 43.5 Å². The summed E-state index contributed by atoms with van der Waals surface area (Å²) in [6, 6.07) is -0.760. The Morgan fingerprint density at radius 1 is 0.405 bits per heavy atom. The number of phosphoric ester groups is 1. The first-order chi connectivity index (χ1) is 41.0. The maximum atomic E-state index is 13.1. The molecule has 0 aliphatic rings. The molecule has 500 valence electrons. The fourth-order valence-electron chi connectivity index (χ4n) is 11.8. The minimum atomic E-state index is -4.33. The number of amides is 1. The maximum Gasteiger partial charge on any atom is 0.472 e. The van der Waals surface area contributed by atoms with Crippen LogP contribution in [-0.2, 0) is 18.4 Å². The molecule has 0 fully saturated rings. The first-order valence-corrected chi connectivity index (χ1v) is 39.2. The van der Waals surface area contributed by atoms with Gasteiger partial charge in [0.2, 0.25) is 5.91 Å². The monoisotopic (exact) mass is 1210 g/mol. The van der Waals surface area contributed by atoms with E-state index < -0.39 is 20.0 Å². The number of carbonyl (C=O) groups excluding carboxylic acids is 1. The molecule has 0 spiro atoms. The number of unbranched alkanes of at least 4 members (excludes halogenated alkanes) is 54. The number of nitrogens with one attached hydrogen (secondary N) is 1. The summed E-state index contributed by atoms with van der Waals surface area (Å²) in [5.74, 6) is -0.135. The van der Waals surface area contributed by atoms with Crippen LogP contribution in [0.15, 0.2) is 24.3 Å². The fourth-order valence-corrected chi connectivity index (χ4v) is 12.6. The molecule has 8 nitrogen and oxygen atoms in total. The Morgan fingerprint density at radius 2 is 0.679 bits per heavy atom. The Morgan fingerprint density at radius 3 is 0.976 bits per heavy atom. The first-order valence-electron chi connectivity index (χ1n) is 37.7. The van der Waals surface area contributed by atoms with Gasteiger partial charge in [-0.15, -0.1) is 0 Å². The predicted molar refractivity (Wildman–Crippen MR) is 369 cm³/mol. The van der Waals surface area contributed by atoms with Crippen LogP contribution in [0.1, 0.15) is 399 Å². The van der Waals surface area contributed by atoms with E-state index in [1.807, 2.05) is 21.1 Å². The second kappa shape index (κ2) is 66.4. The number of hydrogen-bond donors (Lipinski definition) is 3. The van der Waals surface area contributed by atoms with Gasteiger partial charge in [0.05, 0.1) is 39.9 Å². The molecule has 0 radical (unpaired) electrons. The van der Waals surface area contributed by atoms with Crippen molar-refractivity contribution in [3.8, 4) is 0 Å². The van der Waals surface area contributed by atoms with Gasteiger partial charge in [-0.25, -0.2) is 4.57 Å². The van der Waals surface area contributed by atoms with Crippen LogP contribution < -0.4 is 5.32 Å².